The molecule has 0 bridgehead atoms. The van der Waals surface area contributed by atoms with E-state index < -0.39 is 0 Å². The molecule has 0 aliphatic heterocycles. The van der Waals surface area contributed by atoms with E-state index in [9.17, 15) is 0 Å². The Morgan fingerprint density at radius 2 is 0.520 bits per heavy atom. The first kappa shape index (κ1) is 49.8. The van der Waals surface area contributed by atoms with Gasteiger partial charge < -0.3 is 21.5 Å². The zero-order valence-corrected chi connectivity index (χ0v) is 19.7. The van der Waals surface area contributed by atoms with Crippen molar-refractivity contribution in [2.24, 2.45) is 0 Å². The Labute approximate surface area is 178 Å². The quantitative estimate of drug-likeness (QED) is 0.228. The minimum Gasteiger partial charge on any atom is 0 e. The van der Waals surface area contributed by atoms with Gasteiger partial charge in [0.1, 0.15) is 0 Å². The molecular weight excluding hydrogens is 474 g/mol. The third-order valence-electron chi connectivity index (χ3n) is 3.58. The average Bonchev–Trinajstić information content (AvgIpc) is 2.56. The smallest absolute Gasteiger partial charge is 0 e. The van der Waals surface area contributed by atoms with E-state index in [1.54, 1.807) is 0 Å². The fourth-order valence-corrected chi connectivity index (χ4v) is 3.58. The van der Waals surface area contributed by atoms with Gasteiger partial charge in [-0.3, -0.25) is 0 Å². The molecule has 0 aromatic carbocycles. The summed E-state index contributed by atoms with van der Waals surface area (Å²) < 4.78 is 38.7. The predicted octanol–water partition coefficient (Wildman–Crippen LogP) is 0.251. The van der Waals surface area contributed by atoms with E-state index >= 15 is 0 Å². The maximum atomic E-state index is 7.50. The molecule has 144 valence electrons. The molecule has 0 heterocycles. The van der Waals surface area contributed by atoms with Crippen LogP contribution in [0.5, 0.6) is 0 Å². The van der Waals surface area contributed by atoms with Crippen molar-refractivity contribution in [3.63, 3.8) is 0 Å². The molecule has 0 N–H and O–H groups in total. The summed E-state index contributed by atoms with van der Waals surface area (Å²) in [5.41, 5.74) is 0. The molecular formula is C17H28BrMoNO5. The summed E-state index contributed by atoms with van der Waals surface area (Å²) in [4.78, 5) is 0. The van der Waals surface area contributed by atoms with E-state index in [4.69, 9.17) is 23.3 Å². The van der Waals surface area contributed by atoms with Gasteiger partial charge in [-0.05, 0) is 55.4 Å². The van der Waals surface area contributed by atoms with E-state index in [0.29, 0.717) is 24.2 Å². The van der Waals surface area contributed by atoms with Crippen molar-refractivity contribution in [1.29, 1.82) is 0 Å². The Bertz CT molecular complexity index is 262. The van der Waals surface area contributed by atoms with Gasteiger partial charge in [-0.1, -0.05) is 0 Å². The second kappa shape index (κ2) is 39.1. The first-order valence-electron chi connectivity index (χ1n) is 6.67. The zero-order valence-electron chi connectivity index (χ0n) is 16.1. The van der Waals surface area contributed by atoms with E-state index in [1.807, 2.05) is 0 Å². The van der Waals surface area contributed by atoms with Gasteiger partial charge in [0, 0.05) is 21.1 Å². The molecule has 0 aromatic rings. The monoisotopic (exact) mass is 503 g/mol. The second-order valence-electron chi connectivity index (χ2n) is 5.27. The normalized spacial score (nSPS) is 7.60. The molecule has 0 unspecified atom stereocenters. The molecule has 0 saturated heterocycles. The summed E-state index contributed by atoms with van der Waals surface area (Å²) in [5, 5.41) is 0. The Balaban J connectivity index is -0.0000000345. The number of nitrogens with zero attached hydrogens (tertiary/aromatic N) is 1. The van der Waals surface area contributed by atoms with Gasteiger partial charge in [0.25, 0.3) is 0 Å². The number of hydrogen-bond donors (Lipinski definition) is 0. The van der Waals surface area contributed by atoms with Gasteiger partial charge in [0.2, 0.25) is 0 Å². The Hall–Kier alpha value is -0.172. The van der Waals surface area contributed by atoms with Crippen LogP contribution in [0, 0.1) is 33.3 Å². The molecule has 0 aliphatic rings. The van der Waals surface area contributed by atoms with Gasteiger partial charge in [-0.15, -0.1) is 0 Å². The Morgan fingerprint density at radius 1 is 0.440 bits per heavy atom. The third kappa shape index (κ3) is 20.0. The summed E-state index contributed by atoms with van der Waals surface area (Å²) in [6.45, 7) is 41.3. The predicted molar refractivity (Wildman–Crippen MR) is 80.5 cm³/mol. The van der Waals surface area contributed by atoms with Crippen molar-refractivity contribution in [3.8, 4) is 0 Å². The fraction of sp³-hybridized carbons (Fsp3) is 0.706. The standard InChI is InChI=1S/C12H28N.5CO.BrH.Mo/c1-9(2)13(10(3)4,11(5)6)12(7)8;5*1-2;;/h9-12H,1-8H3;;;;;;1H;/q+1;;;;;;;/p-1. The Kier molecular flexibility index (Phi) is 77.8. The summed E-state index contributed by atoms with van der Waals surface area (Å²) in [5.74, 6) is 0. The second-order valence-corrected chi connectivity index (χ2v) is 5.27. The first-order chi connectivity index (χ1) is 10.8. The molecule has 6 nitrogen and oxygen atoms in total. The van der Waals surface area contributed by atoms with E-state index in [1.165, 1.54) is 4.48 Å². The van der Waals surface area contributed by atoms with Crippen LogP contribution in [0.2, 0.25) is 0 Å². The number of halogens is 1. The molecule has 0 spiro atoms. The molecule has 0 atom stereocenters. The molecule has 0 aromatic heterocycles. The average molecular weight is 502 g/mol. The van der Waals surface area contributed by atoms with Crippen molar-refractivity contribution in [2.75, 3.05) is 0 Å². The maximum Gasteiger partial charge on any atom is 0 e. The molecule has 0 saturated carbocycles. The van der Waals surface area contributed by atoms with E-state index in [2.05, 4.69) is 88.6 Å². The Morgan fingerprint density at radius 3 is 0.520 bits per heavy atom. The molecule has 25 heavy (non-hydrogen) atoms. The first-order valence-corrected chi connectivity index (χ1v) is 6.67. The van der Waals surface area contributed by atoms with Crippen molar-refractivity contribution in [1.82, 2.24) is 0 Å². The molecule has 0 rings (SSSR count). The number of hydrogen-bond acceptors (Lipinski definition) is 0. The summed E-state index contributed by atoms with van der Waals surface area (Å²) in [7, 11) is 0. The molecule has 0 radical (unpaired) electrons. The molecule has 0 fully saturated rings. The largest absolute Gasteiger partial charge is 0 e. The molecule has 0 amide bonds. The van der Waals surface area contributed by atoms with Crippen LogP contribution in [0.1, 0.15) is 55.4 Å². The van der Waals surface area contributed by atoms with Gasteiger partial charge in [-0.2, -0.15) is 0 Å². The van der Waals surface area contributed by atoms with Crippen molar-refractivity contribution in [2.45, 2.75) is 79.6 Å². The summed E-state index contributed by atoms with van der Waals surface area (Å²) >= 11 is 0. The van der Waals surface area contributed by atoms with Crippen LogP contribution in [-0.2, 0) is 44.3 Å². The summed E-state index contributed by atoms with van der Waals surface area (Å²) in [6.07, 6.45) is 0. The van der Waals surface area contributed by atoms with Gasteiger partial charge in [0.05, 0.1) is 24.2 Å². The van der Waals surface area contributed by atoms with Crippen LogP contribution < -0.4 is 17.0 Å². The number of rotatable bonds is 4. The van der Waals surface area contributed by atoms with E-state index in [0.717, 1.165) is 0 Å². The van der Waals surface area contributed by atoms with Gasteiger partial charge >= 0.3 is 56.5 Å². The van der Waals surface area contributed by atoms with Crippen LogP contribution in [0.3, 0.4) is 0 Å². The topological polar surface area (TPSA) is 99.5 Å². The van der Waals surface area contributed by atoms with Crippen molar-refractivity contribution in [3.05, 3.63) is 33.3 Å². The van der Waals surface area contributed by atoms with Gasteiger partial charge in [0.15, 0.2) is 0 Å². The fourth-order valence-electron chi connectivity index (χ4n) is 3.58. The van der Waals surface area contributed by atoms with Crippen molar-refractivity contribution < 1.29 is 65.8 Å². The summed E-state index contributed by atoms with van der Waals surface area (Å²) in [6, 6.07) is 2.83. The maximum absolute atomic E-state index is 7.50. The van der Waals surface area contributed by atoms with Crippen LogP contribution in [0.25, 0.3) is 0 Å². The minimum absolute atomic E-state index is 0. The van der Waals surface area contributed by atoms with Crippen LogP contribution in [-0.4, -0.2) is 28.7 Å². The number of quaternary nitrogens is 1. The third-order valence-corrected chi connectivity index (χ3v) is 3.58. The zero-order chi connectivity index (χ0) is 20.8. The van der Waals surface area contributed by atoms with Gasteiger partial charge in [-0.25, -0.2) is 0 Å². The molecule has 0 aliphatic carbocycles. The SMILES string of the molecule is CC(C)[N+](C(C)C)(C(C)C)C(C)C.[Br-].[C-]#[O+].[C-]#[O+].[C-]#[O+].[C-]#[O+].[C-]#[O+].[Mo]. The molecule has 8 heteroatoms. The van der Waals surface area contributed by atoms with Crippen molar-refractivity contribution >= 4 is 0 Å². The van der Waals surface area contributed by atoms with Crippen LogP contribution in [0.4, 0.5) is 0 Å². The van der Waals surface area contributed by atoms with Crippen LogP contribution >= 0.6 is 0 Å². The van der Waals surface area contributed by atoms with E-state index in [-0.39, 0.29) is 38.0 Å². The minimum atomic E-state index is 0. The van der Waals surface area contributed by atoms with Crippen LogP contribution in [0.15, 0.2) is 0 Å².